The minimum Gasteiger partial charge on any atom is -0.495 e. The molecule has 6 heterocycles. The molecule has 1 spiro atoms. The van der Waals surface area contributed by atoms with Crippen LogP contribution in [0.15, 0.2) is 82.8 Å². The zero-order chi connectivity index (χ0) is 43.1. The number of amides is 1. The Bertz CT molecular complexity index is 2660. The largest absolute Gasteiger partial charge is 0.495 e. The molecule has 322 valence electrons. The number of aliphatic imine (C=N–C) groups is 1. The molecule has 4 aromatic heterocycles. The first-order chi connectivity index (χ1) is 30.7. The third kappa shape index (κ3) is 8.20. The van der Waals surface area contributed by atoms with Gasteiger partial charge in [0.25, 0.3) is 5.91 Å². The van der Waals surface area contributed by atoms with E-state index >= 15 is 0 Å². The van der Waals surface area contributed by atoms with Gasteiger partial charge in [0.2, 0.25) is 0 Å². The summed E-state index contributed by atoms with van der Waals surface area (Å²) in [4.78, 5) is 26.5. The van der Waals surface area contributed by atoms with Gasteiger partial charge in [-0.25, -0.2) is 4.98 Å². The first-order valence-corrected chi connectivity index (χ1v) is 22.8. The third-order valence-corrected chi connectivity index (χ3v) is 14.9. The summed E-state index contributed by atoms with van der Waals surface area (Å²) in [5, 5.41) is 31.1. The SMILES string of the molecule is COc1cc(OC2CCC(NC(=O)c3ccc(N4CCC5(CC4)CC(Cc4ccc(C6=N[C@@H](Cc7ncco7)c7nncn7-c7sc(C)c(C)c76)cc4)C5)nn3)CC2)ccc1C#N. The highest BCUT2D eigenvalue weighted by Gasteiger charge is 2.45. The van der Waals surface area contributed by atoms with Crippen molar-refractivity contribution in [2.75, 3.05) is 25.1 Å². The van der Waals surface area contributed by atoms with Gasteiger partial charge in [0, 0.05) is 41.2 Å². The van der Waals surface area contributed by atoms with Crippen LogP contribution in [0.3, 0.4) is 0 Å². The number of nitriles is 1. The zero-order valence-corrected chi connectivity index (χ0v) is 36.6. The van der Waals surface area contributed by atoms with Crippen molar-refractivity contribution in [2.24, 2.45) is 16.3 Å². The normalized spacial score (nSPS) is 20.4. The second-order valence-corrected chi connectivity index (χ2v) is 18.8. The van der Waals surface area contributed by atoms with Crippen LogP contribution in [0.25, 0.3) is 5.00 Å². The highest BCUT2D eigenvalue weighted by atomic mass is 32.1. The van der Waals surface area contributed by atoms with E-state index in [0.29, 0.717) is 46.4 Å². The number of rotatable bonds is 11. The van der Waals surface area contributed by atoms with E-state index in [9.17, 15) is 10.1 Å². The molecule has 6 aromatic rings. The summed E-state index contributed by atoms with van der Waals surface area (Å²) in [7, 11) is 1.55. The summed E-state index contributed by atoms with van der Waals surface area (Å²) >= 11 is 1.75. The van der Waals surface area contributed by atoms with Gasteiger partial charge in [0.1, 0.15) is 41.2 Å². The Morgan fingerprint density at radius 3 is 2.52 bits per heavy atom. The van der Waals surface area contributed by atoms with Crippen molar-refractivity contribution in [2.45, 2.75) is 96.2 Å². The topological polar surface area (TPSA) is 169 Å². The minimum atomic E-state index is -0.284. The number of hydrogen-bond acceptors (Lipinski definition) is 13. The Hall–Kier alpha value is -6.40. The molecule has 1 saturated heterocycles. The van der Waals surface area contributed by atoms with Crippen LogP contribution in [0.1, 0.15) is 112 Å². The Kier molecular flexibility index (Phi) is 11.0. The lowest BCUT2D eigenvalue weighted by atomic mass is 9.56. The summed E-state index contributed by atoms with van der Waals surface area (Å²) in [5.74, 6) is 3.92. The fraction of sp³-hybridized carbons (Fsp3) is 0.417. The maximum Gasteiger partial charge on any atom is 0.272 e. The van der Waals surface area contributed by atoms with Gasteiger partial charge in [-0.15, -0.1) is 31.7 Å². The van der Waals surface area contributed by atoms with E-state index in [2.05, 4.69) is 84.3 Å². The van der Waals surface area contributed by atoms with Gasteiger partial charge < -0.3 is 24.1 Å². The van der Waals surface area contributed by atoms with Crippen LogP contribution in [0.4, 0.5) is 5.82 Å². The van der Waals surface area contributed by atoms with Gasteiger partial charge >= 0.3 is 0 Å². The number of aryl methyl sites for hydroxylation is 1. The van der Waals surface area contributed by atoms with Crippen LogP contribution in [-0.2, 0) is 12.8 Å². The van der Waals surface area contributed by atoms with E-state index in [-0.39, 0.29) is 24.1 Å². The summed E-state index contributed by atoms with van der Waals surface area (Å²) in [5.41, 5.74) is 7.01. The molecule has 2 saturated carbocycles. The lowest BCUT2D eigenvalue weighted by Crippen LogP contribution is -2.47. The molecule has 15 heteroatoms. The smallest absolute Gasteiger partial charge is 0.272 e. The maximum absolute atomic E-state index is 13.1. The number of oxazole rings is 1. The maximum atomic E-state index is 13.1. The predicted molar refractivity (Wildman–Crippen MR) is 238 cm³/mol. The number of anilines is 1. The molecule has 14 nitrogen and oxygen atoms in total. The summed E-state index contributed by atoms with van der Waals surface area (Å²) in [6.45, 7) is 6.23. The molecule has 63 heavy (non-hydrogen) atoms. The van der Waals surface area contributed by atoms with Crippen LogP contribution < -0.4 is 19.7 Å². The van der Waals surface area contributed by atoms with Gasteiger partial charge in [-0.1, -0.05) is 24.3 Å². The standard InChI is InChI=1S/C48H50N10O4S/c1-29-30(2)63-47-43(29)44(53-39(24-42-50-18-21-61-42)45-56-51-28-58(45)47)33-6-4-31(5-7-33)22-32-25-48(26-32)16-19-57(20-17-48)41-15-14-38(54-55-41)46(59)52-35-9-12-36(13-10-35)62-37-11-8-34(27-49)40(23-37)60-3/h4-8,11,14-15,18,21,23,28,32,35-36,39H,9-10,12-13,16-17,19-20,22,24-26H2,1-3H3,(H,52,59)/t35?,36?,39-/m0/s1. The van der Waals surface area contributed by atoms with Gasteiger partial charge in [0.05, 0.1) is 37.1 Å². The van der Waals surface area contributed by atoms with Crippen LogP contribution >= 0.6 is 11.3 Å². The number of carbonyl (C=O) groups excluding carboxylic acids is 1. The number of nitrogens with one attached hydrogen (secondary N) is 1. The summed E-state index contributed by atoms with van der Waals surface area (Å²) in [6.07, 6.45) is 14.7. The number of piperidine rings is 1. The highest BCUT2D eigenvalue weighted by Crippen LogP contribution is 2.54. The minimum absolute atomic E-state index is 0.0399. The monoisotopic (exact) mass is 862 g/mol. The number of methoxy groups -OCH3 is 1. The van der Waals surface area contributed by atoms with E-state index in [4.69, 9.17) is 18.9 Å². The molecule has 2 aromatic carbocycles. The second-order valence-electron chi connectivity index (χ2n) is 17.6. The van der Waals surface area contributed by atoms with Crippen molar-refractivity contribution in [3.8, 4) is 22.6 Å². The quantitative estimate of drug-likeness (QED) is 0.134. The summed E-state index contributed by atoms with van der Waals surface area (Å²) in [6, 6.07) is 20.0. The Labute approximate surface area is 370 Å². The molecule has 2 aliphatic carbocycles. The number of benzene rings is 2. The Morgan fingerprint density at radius 2 is 1.81 bits per heavy atom. The van der Waals surface area contributed by atoms with E-state index in [1.807, 2.05) is 6.07 Å². The van der Waals surface area contributed by atoms with Crippen molar-refractivity contribution >= 4 is 28.8 Å². The molecule has 2 aliphatic heterocycles. The van der Waals surface area contributed by atoms with Crippen molar-refractivity contribution in [3.63, 3.8) is 0 Å². The first-order valence-electron chi connectivity index (χ1n) is 22.0. The number of carbonyl (C=O) groups is 1. The van der Waals surface area contributed by atoms with Crippen LogP contribution in [0.2, 0.25) is 0 Å². The molecule has 1 N–H and O–H groups in total. The molecular formula is C48H50N10O4S. The zero-order valence-electron chi connectivity index (χ0n) is 35.8. The molecule has 0 bridgehead atoms. The lowest BCUT2D eigenvalue weighted by molar-refractivity contribution is 0.0282. The average molecular weight is 863 g/mol. The Balaban J connectivity index is 0.702. The molecule has 0 radical (unpaired) electrons. The molecule has 10 rings (SSSR count). The number of nitrogens with zero attached hydrogens (tertiary/aromatic N) is 9. The van der Waals surface area contributed by atoms with E-state index in [1.54, 1.807) is 61.5 Å². The fourth-order valence-electron chi connectivity index (χ4n) is 10.1. The Morgan fingerprint density at radius 1 is 1.00 bits per heavy atom. The van der Waals surface area contributed by atoms with E-state index in [0.717, 1.165) is 91.5 Å². The molecule has 1 atom stereocenters. The van der Waals surface area contributed by atoms with Crippen LogP contribution in [0.5, 0.6) is 11.5 Å². The van der Waals surface area contributed by atoms with E-state index in [1.165, 1.54) is 28.8 Å². The average Bonchev–Trinajstić information content (AvgIpc) is 4.06. The van der Waals surface area contributed by atoms with Gasteiger partial charge in [-0.3, -0.25) is 14.4 Å². The number of aromatic nitrogens is 6. The number of hydrogen-bond donors (Lipinski definition) is 1. The predicted octanol–water partition coefficient (Wildman–Crippen LogP) is 8.10. The number of fused-ring (bicyclic) bond motifs is 3. The fourth-order valence-corrected chi connectivity index (χ4v) is 11.3. The molecule has 3 fully saturated rings. The van der Waals surface area contributed by atoms with Crippen molar-refractivity contribution in [3.05, 3.63) is 123 Å². The molecule has 4 aliphatic rings. The van der Waals surface area contributed by atoms with Crippen LogP contribution in [-0.4, -0.2) is 73.9 Å². The van der Waals surface area contributed by atoms with E-state index < -0.39 is 0 Å². The molecule has 1 amide bonds. The third-order valence-electron chi connectivity index (χ3n) is 13.7. The van der Waals surface area contributed by atoms with Crippen molar-refractivity contribution in [1.29, 1.82) is 5.26 Å². The van der Waals surface area contributed by atoms with Crippen molar-refractivity contribution in [1.82, 2.24) is 35.3 Å². The number of thiophene rings is 1. The van der Waals surface area contributed by atoms with Gasteiger partial charge in [0.15, 0.2) is 23.2 Å². The highest BCUT2D eigenvalue weighted by molar-refractivity contribution is 7.15. The molecule has 0 unspecified atom stereocenters. The first kappa shape index (κ1) is 40.7. The van der Waals surface area contributed by atoms with Gasteiger partial charge in [-0.05, 0) is 118 Å². The molecular weight excluding hydrogens is 813 g/mol. The second kappa shape index (κ2) is 17.0. The van der Waals surface area contributed by atoms with Gasteiger partial charge in [-0.2, -0.15) is 5.26 Å². The van der Waals surface area contributed by atoms with Crippen molar-refractivity contribution < 1.29 is 18.7 Å². The number of ether oxygens (including phenoxy) is 2. The summed E-state index contributed by atoms with van der Waals surface area (Å²) < 4.78 is 19.2. The van der Waals surface area contributed by atoms with Crippen LogP contribution in [0, 0.1) is 36.5 Å². The lowest BCUT2D eigenvalue weighted by Gasteiger charge is -2.52.